The van der Waals surface area contributed by atoms with Crippen molar-refractivity contribution in [2.45, 2.75) is 37.2 Å². The van der Waals surface area contributed by atoms with Gasteiger partial charge in [0, 0.05) is 11.6 Å². The van der Waals surface area contributed by atoms with Crippen LogP contribution < -0.4 is 0 Å². The zero-order chi connectivity index (χ0) is 19.6. The van der Waals surface area contributed by atoms with Gasteiger partial charge in [0.15, 0.2) is 5.60 Å². The van der Waals surface area contributed by atoms with Crippen molar-refractivity contribution in [3.05, 3.63) is 48.1 Å². The van der Waals surface area contributed by atoms with Crippen LogP contribution in [0.3, 0.4) is 0 Å². The number of halogens is 4. The summed E-state index contributed by atoms with van der Waals surface area (Å²) < 4.78 is 82.4. The highest BCUT2D eigenvalue weighted by Gasteiger charge is 2.63. The molecule has 0 amide bonds. The summed E-state index contributed by atoms with van der Waals surface area (Å²) in [6.07, 6.45) is 2.19. The van der Waals surface area contributed by atoms with E-state index in [1.165, 1.54) is 0 Å². The van der Waals surface area contributed by atoms with Gasteiger partial charge in [-0.25, -0.2) is 26.9 Å². The first-order chi connectivity index (χ1) is 12.0. The second-order valence-corrected chi connectivity index (χ2v) is 7.92. The number of benzene rings is 1. The predicted octanol–water partition coefficient (Wildman–Crippen LogP) is 2.25. The van der Waals surface area contributed by atoms with Crippen LogP contribution in [0.5, 0.6) is 0 Å². The molecule has 26 heavy (non-hydrogen) atoms. The van der Waals surface area contributed by atoms with Crippen molar-refractivity contribution in [1.82, 2.24) is 14.8 Å². The average molecular weight is 395 g/mol. The fourth-order valence-electron chi connectivity index (χ4n) is 2.43. The quantitative estimate of drug-likeness (QED) is 0.693. The van der Waals surface area contributed by atoms with E-state index >= 15 is 0 Å². The van der Waals surface area contributed by atoms with Crippen molar-refractivity contribution >= 4 is 9.84 Å². The van der Waals surface area contributed by atoms with Crippen LogP contribution in [0, 0.1) is 11.6 Å². The molecule has 144 valence electrons. The highest BCUT2D eigenvalue weighted by molar-refractivity contribution is 7.92. The van der Waals surface area contributed by atoms with Gasteiger partial charge in [-0.15, -0.1) is 0 Å². The average Bonchev–Trinajstić information content (AvgIpc) is 3.05. The summed E-state index contributed by atoms with van der Waals surface area (Å²) in [7, 11) is -5.16. The fraction of sp³-hybridized carbons (Fsp3) is 0.467. The van der Waals surface area contributed by atoms with Gasteiger partial charge in [0.1, 0.15) is 24.3 Å². The minimum atomic E-state index is -5.16. The second kappa shape index (κ2) is 7.31. The Morgan fingerprint density at radius 3 is 2.50 bits per heavy atom. The molecule has 6 nitrogen and oxygen atoms in total. The van der Waals surface area contributed by atoms with E-state index in [0.717, 1.165) is 17.3 Å². The summed E-state index contributed by atoms with van der Waals surface area (Å²) in [5.74, 6) is -3.47. The Kier molecular flexibility index (Phi) is 5.71. The first kappa shape index (κ1) is 20.3. The lowest BCUT2D eigenvalue weighted by atomic mass is 9.93. The molecule has 2 rings (SSSR count). The Labute approximate surface area is 147 Å². The summed E-state index contributed by atoms with van der Waals surface area (Å²) in [6, 6.07) is 1.53. The Hall–Kier alpha value is -2.01. The maximum absolute atomic E-state index is 15.0. The SMILES string of the molecule is CCCCS(=O)(=O)C(F)(F)[C@](O)(Cn1cncn1)c1ccc(F)cc1F. The molecule has 0 aliphatic heterocycles. The third-order valence-electron chi connectivity index (χ3n) is 3.87. The molecule has 11 heteroatoms. The zero-order valence-electron chi connectivity index (χ0n) is 13.7. The van der Waals surface area contributed by atoms with E-state index in [0.29, 0.717) is 18.6 Å². The van der Waals surface area contributed by atoms with E-state index in [-0.39, 0.29) is 12.5 Å². The standard InChI is InChI=1S/C15H17F4N3O3S/c1-2-3-6-26(24,25)15(18,19)14(23,8-22-10-20-9-21-22)12-5-4-11(16)7-13(12)17/h4-5,7,9-10,23H,2-3,6,8H2,1H3/t14-/m0/s1. The summed E-state index contributed by atoms with van der Waals surface area (Å²) >= 11 is 0. The van der Waals surface area contributed by atoms with Crippen LogP contribution in [0.2, 0.25) is 0 Å². The molecule has 0 radical (unpaired) electrons. The van der Waals surface area contributed by atoms with Crippen LogP contribution in [0.4, 0.5) is 17.6 Å². The van der Waals surface area contributed by atoms with E-state index in [9.17, 15) is 31.1 Å². The Bertz CT molecular complexity index is 859. The van der Waals surface area contributed by atoms with E-state index in [1.54, 1.807) is 6.92 Å². The molecule has 0 fully saturated rings. The number of aromatic nitrogens is 3. The van der Waals surface area contributed by atoms with E-state index < -0.39 is 50.2 Å². The molecular weight excluding hydrogens is 378 g/mol. The topological polar surface area (TPSA) is 85.1 Å². The molecule has 2 aromatic rings. The van der Waals surface area contributed by atoms with Crippen LogP contribution in [0.1, 0.15) is 25.3 Å². The minimum Gasteiger partial charge on any atom is -0.376 e. The van der Waals surface area contributed by atoms with E-state index in [2.05, 4.69) is 10.1 Å². The summed E-state index contributed by atoms with van der Waals surface area (Å²) in [5, 5.41) is 9.50. The van der Waals surface area contributed by atoms with Gasteiger partial charge in [0.25, 0.3) is 0 Å². The molecule has 1 N–H and O–H groups in total. The van der Waals surface area contributed by atoms with Gasteiger partial charge in [-0.1, -0.05) is 13.3 Å². The Balaban J connectivity index is 2.63. The van der Waals surface area contributed by atoms with Gasteiger partial charge in [-0.3, -0.25) is 0 Å². The monoisotopic (exact) mass is 395 g/mol. The van der Waals surface area contributed by atoms with Gasteiger partial charge in [0.05, 0.1) is 12.3 Å². The number of aliphatic hydroxyl groups is 1. The molecule has 0 unspecified atom stereocenters. The van der Waals surface area contributed by atoms with Gasteiger partial charge < -0.3 is 5.11 Å². The van der Waals surface area contributed by atoms with Gasteiger partial charge in [-0.05, 0) is 18.6 Å². The normalized spacial score (nSPS) is 15.0. The smallest absolute Gasteiger partial charge is 0.376 e. The van der Waals surface area contributed by atoms with Crippen LogP contribution in [-0.2, 0) is 22.0 Å². The largest absolute Gasteiger partial charge is 0.379 e. The van der Waals surface area contributed by atoms with Crippen molar-refractivity contribution in [3.8, 4) is 0 Å². The predicted molar refractivity (Wildman–Crippen MR) is 83.9 cm³/mol. The summed E-state index contributed by atoms with van der Waals surface area (Å²) in [5.41, 5.74) is -4.58. The molecule has 0 saturated heterocycles. The highest BCUT2D eigenvalue weighted by atomic mass is 32.2. The lowest BCUT2D eigenvalue weighted by molar-refractivity contribution is -0.145. The van der Waals surface area contributed by atoms with Crippen molar-refractivity contribution in [3.63, 3.8) is 0 Å². The number of unbranched alkanes of at least 4 members (excludes halogenated alkanes) is 1. The molecule has 1 atom stereocenters. The fourth-order valence-corrected chi connectivity index (χ4v) is 4.04. The van der Waals surface area contributed by atoms with Crippen LogP contribution in [-0.4, -0.2) is 39.3 Å². The molecule has 1 heterocycles. The number of alkyl halides is 2. The van der Waals surface area contributed by atoms with Gasteiger partial charge in [-0.2, -0.15) is 13.9 Å². The van der Waals surface area contributed by atoms with Crippen LogP contribution in [0.15, 0.2) is 30.9 Å². The number of rotatable bonds is 8. The lowest BCUT2D eigenvalue weighted by Crippen LogP contribution is -2.54. The van der Waals surface area contributed by atoms with Gasteiger partial charge in [0.2, 0.25) is 9.84 Å². The molecule has 1 aromatic heterocycles. The molecular formula is C15H17F4N3O3S. The molecule has 0 aliphatic rings. The summed E-state index contributed by atoms with van der Waals surface area (Å²) in [4.78, 5) is 3.52. The first-order valence-electron chi connectivity index (χ1n) is 7.65. The van der Waals surface area contributed by atoms with Gasteiger partial charge >= 0.3 is 5.25 Å². The molecule has 0 bridgehead atoms. The van der Waals surface area contributed by atoms with Crippen LogP contribution in [0.25, 0.3) is 0 Å². The maximum Gasteiger partial charge on any atom is 0.379 e. The molecule has 0 saturated carbocycles. The van der Waals surface area contributed by atoms with Crippen LogP contribution >= 0.6 is 0 Å². The number of hydrogen-bond acceptors (Lipinski definition) is 5. The first-order valence-corrected chi connectivity index (χ1v) is 9.31. The molecule has 0 aliphatic carbocycles. The van der Waals surface area contributed by atoms with Crippen molar-refractivity contribution in [1.29, 1.82) is 0 Å². The van der Waals surface area contributed by atoms with Crippen molar-refractivity contribution in [2.24, 2.45) is 0 Å². The van der Waals surface area contributed by atoms with E-state index in [1.807, 2.05) is 0 Å². The Morgan fingerprint density at radius 2 is 1.96 bits per heavy atom. The molecule has 0 spiro atoms. The van der Waals surface area contributed by atoms with Crippen molar-refractivity contribution in [2.75, 3.05) is 5.75 Å². The highest BCUT2D eigenvalue weighted by Crippen LogP contribution is 2.44. The third-order valence-corrected chi connectivity index (χ3v) is 5.82. The molecule has 1 aromatic carbocycles. The number of nitrogens with zero attached hydrogens (tertiary/aromatic N) is 3. The van der Waals surface area contributed by atoms with Crippen molar-refractivity contribution < 1.29 is 31.1 Å². The number of sulfone groups is 1. The third kappa shape index (κ3) is 3.58. The Morgan fingerprint density at radius 1 is 1.27 bits per heavy atom. The summed E-state index contributed by atoms with van der Waals surface area (Å²) in [6.45, 7) is 0.503. The second-order valence-electron chi connectivity index (χ2n) is 5.77. The van der Waals surface area contributed by atoms with E-state index in [4.69, 9.17) is 0 Å². The maximum atomic E-state index is 15.0. The minimum absolute atomic E-state index is 0.0662. The zero-order valence-corrected chi connectivity index (χ0v) is 14.6. The lowest BCUT2D eigenvalue weighted by Gasteiger charge is -2.35. The number of hydrogen-bond donors (Lipinski definition) is 1.